The maximum atomic E-state index is 5.68. The zero-order valence-corrected chi connectivity index (χ0v) is 13.4. The summed E-state index contributed by atoms with van der Waals surface area (Å²) in [6.07, 6.45) is 7.66. The minimum absolute atomic E-state index is 0.610. The van der Waals surface area contributed by atoms with Crippen molar-refractivity contribution in [1.82, 2.24) is 10.6 Å². The molecule has 2 fully saturated rings. The van der Waals surface area contributed by atoms with E-state index in [4.69, 9.17) is 9.47 Å². The van der Waals surface area contributed by atoms with Crippen molar-refractivity contribution in [2.75, 3.05) is 46.6 Å². The van der Waals surface area contributed by atoms with Crippen LogP contribution in [0.1, 0.15) is 38.5 Å². The molecule has 1 atom stereocenters. The van der Waals surface area contributed by atoms with Crippen LogP contribution in [-0.2, 0) is 9.47 Å². The predicted molar refractivity (Wildman–Crippen MR) is 85.7 cm³/mol. The van der Waals surface area contributed by atoms with Gasteiger partial charge in [-0.1, -0.05) is 12.8 Å². The lowest BCUT2D eigenvalue weighted by atomic mass is 10.1. The Morgan fingerprint density at radius 2 is 1.95 bits per heavy atom. The van der Waals surface area contributed by atoms with Crippen LogP contribution in [-0.4, -0.2) is 52.5 Å². The lowest BCUT2D eigenvalue weighted by molar-refractivity contribution is 0.0888. The van der Waals surface area contributed by atoms with Gasteiger partial charge < -0.3 is 20.1 Å². The highest BCUT2D eigenvalue weighted by Crippen LogP contribution is 2.33. The highest BCUT2D eigenvalue weighted by atomic mass is 16.5. The molecule has 5 heteroatoms. The molecule has 0 aromatic rings. The van der Waals surface area contributed by atoms with Crippen molar-refractivity contribution >= 4 is 5.96 Å². The average Bonchev–Trinajstić information content (AvgIpc) is 3.18. The van der Waals surface area contributed by atoms with Crippen LogP contribution < -0.4 is 10.6 Å². The van der Waals surface area contributed by atoms with E-state index in [9.17, 15) is 0 Å². The lowest BCUT2D eigenvalue weighted by Gasteiger charge is -2.12. The van der Waals surface area contributed by atoms with Crippen molar-refractivity contribution in [2.45, 2.75) is 38.5 Å². The Balaban J connectivity index is 1.38. The molecule has 122 valence electrons. The van der Waals surface area contributed by atoms with Gasteiger partial charge in [0.25, 0.3) is 0 Å². The van der Waals surface area contributed by atoms with Gasteiger partial charge in [-0.15, -0.1) is 0 Å². The fourth-order valence-corrected chi connectivity index (χ4v) is 2.57. The Hall–Kier alpha value is -0.810. The largest absolute Gasteiger partial charge is 0.381 e. The van der Waals surface area contributed by atoms with E-state index in [1.807, 2.05) is 7.05 Å². The van der Waals surface area contributed by atoms with Crippen LogP contribution in [0.5, 0.6) is 0 Å². The van der Waals surface area contributed by atoms with Crippen LogP contribution in [0.3, 0.4) is 0 Å². The van der Waals surface area contributed by atoms with E-state index in [1.165, 1.54) is 25.7 Å². The number of rotatable bonds is 10. The van der Waals surface area contributed by atoms with Crippen LogP contribution in [0.2, 0.25) is 0 Å². The van der Waals surface area contributed by atoms with Gasteiger partial charge in [0.15, 0.2) is 5.96 Å². The standard InChI is InChI=1S/C16H31N3O2/c1-17-16(18-8-2-4-14-5-6-14)19-9-3-10-20-12-15-7-11-21-13-15/h14-15H,2-13H2,1H3,(H2,17,18,19). The molecular formula is C16H31N3O2. The van der Waals surface area contributed by atoms with E-state index >= 15 is 0 Å². The summed E-state index contributed by atoms with van der Waals surface area (Å²) in [4.78, 5) is 4.24. The fourth-order valence-electron chi connectivity index (χ4n) is 2.57. The molecule has 1 aliphatic heterocycles. The summed E-state index contributed by atoms with van der Waals surface area (Å²) >= 11 is 0. The van der Waals surface area contributed by atoms with Crippen molar-refractivity contribution in [3.8, 4) is 0 Å². The summed E-state index contributed by atoms with van der Waals surface area (Å²) < 4.78 is 11.0. The Bertz CT molecular complexity index is 300. The molecule has 0 radical (unpaired) electrons. The normalized spacial score (nSPS) is 22.5. The van der Waals surface area contributed by atoms with E-state index in [0.29, 0.717) is 5.92 Å². The van der Waals surface area contributed by atoms with Gasteiger partial charge in [0.2, 0.25) is 0 Å². The van der Waals surface area contributed by atoms with Crippen LogP contribution in [0.25, 0.3) is 0 Å². The molecule has 0 aromatic heterocycles. The van der Waals surface area contributed by atoms with Gasteiger partial charge in [-0.05, 0) is 31.6 Å². The first-order valence-electron chi connectivity index (χ1n) is 8.48. The van der Waals surface area contributed by atoms with Gasteiger partial charge in [-0.25, -0.2) is 0 Å². The van der Waals surface area contributed by atoms with E-state index in [1.54, 1.807) is 0 Å². The maximum absolute atomic E-state index is 5.68. The molecule has 1 aliphatic carbocycles. The molecule has 2 aliphatic rings. The van der Waals surface area contributed by atoms with Crippen molar-refractivity contribution < 1.29 is 9.47 Å². The second-order valence-corrected chi connectivity index (χ2v) is 6.17. The van der Waals surface area contributed by atoms with Gasteiger partial charge >= 0.3 is 0 Å². The third kappa shape index (κ3) is 7.67. The number of guanidine groups is 1. The first-order valence-corrected chi connectivity index (χ1v) is 8.48. The van der Waals surface area contributed by atoms with E-state index in [-0.39, 0.29) is 0 Å². The van der Waals surface area contributed by atoms with Gasteiger partial charge in [0.1, 0.15) is 0 Å². The average molecular weight is 297 g/mol. The molecule has 2 N–H and O–H groups in total. The molecule has 1 heterocycles. The second kappa shape index (κ2) is 10.0. The molecule has 0 spiro atoms. The van der Waals surface area contributed by atoms with Crippen LogP contribution >= 0.6 is 0 Å². The molecule has 1 unspecified atom stereocenters. The minimum atomic E-state index is 0.610. The monoisotopic (exact) mass is 297 g/mol. The van der Waals surface area contributed by atoms with Gasteiger partial charge in [-0.2, -0.15) is 0 Å². The van der Waals surface area contributed by atoms with Crippen molar-refractivity contribution in [2.24, 2.45) is 16.8 Å². The lowest BCUT2D eigenvalue weighted by Crippen LogP contribution is -2.38. The van der Waals surface area contributed by atoms with Crippen LogP contribution in [0.15, 0.2) is 4.99 Å². The van der Waals surface area contributed by atoms with Gasteiger partial charge in [-0.3, -0.25) is 4.99 Å². The van der Waals surface area contributed by atoms with Crippen molar-refractivity contribution in [3.05, 3.63) is 0 Å². The quantitative estimate of drug-likeness (QED) is 0.367. The number of nitrogens with one attached hydrogen (secondary N) is 2. The summed E-state index contributed by atoms with van der Waals surface area (Å²) in [5.74, 6) is 2.54. The smallest absolute Gasteiger partial charge is 0.190 e. The molecule has 5 nitrogen and oxygen atoms in total. The summed E-state index contributed by atoms with van der Waals surface area (Å²) in [6, 6.07) is 0. The number of hydrogen-bond donors (Lipinski definition) is 2. The topological polar surface area (TPSA) is 54.9 Å². The summed E-state index contributed by atoms with van der Waals surface area (Å²) in [6.45, 7) is 5.35. The van der Waals surface area contributed by atoms with E-state index < -0.39 is 0 Å². The molecular weight excluding hydrogens is 266 g/mol. The molecule has 1 saturated heterocycles. The predicted octanol–water partition coefficient (Wildman–Crippen LogP) is 1.78. The first-order chi connectivity index (χ1) is 10.4. The zero-order chi connectivity index (χ0) is 14.8. The van der Waals surface area contributed by atoms with Crippen molar-refractivity contribution in [3.63, 3.8) is 0 Å². The summed E-state index contributed by atoms with van der Waals surface area (Å²) in [5, 5.41) is 6.71. The van der Waals surface area contributed by atoms with Gasteiger partial charge in [0.05, 0.1) is 13.2 Å². The molecule has 1 saturated carbocycles. The number of ether oxygens (including phenoxy) is 2. The maximum Gasteiger partial charge on any atom is 0.190 e. The molecule has 2 rings (SSSR count). The number of nitrogens with zero attached hydrogens (tertiary/aromatic N) is 1. The van der Waals surface area contributed by atoms with Crippen LogP contribution in [0, 0.1) is 11.8 Å². The van der Waals surface area contributed by atoms with E-state index in [2.05, 4.69) is 15.6 Å². The Morgan fingerprint density at radius 1 is 1.14 bits per heavy atom. The molecule has 0 amide bonds. The number of hydrogen-bond acceptors (Lipinski definition) is 3. The second-order valence-electron chi connectivity index (χ2n) is 6.17. The van der Waals surface area contributed by atoms with Crippen molar-refractivity contribution in [1.29, 1.82) is 0 Å². The highest BCUT2D eigenvalue weighted by molar-refractivity contribution is 5.79. The van der Waals surface area contributed by atoms with E-state index in [0.717, 1.165) is 64.2 Å². The van der Waals surface area contributed by atoms with Gasteiger partial charge in [0, 0.05) is 39.3 Å². The molecule has 21 heavy (non-hydrogen) atoms. The minimum Gasteiger partial charge on any atom is -0.381 e. The molecule has 0 bridgehead atoms. The summed E-state index contributed by atoms with van der Waals surface area (Å²) in [7, 11) is 1.83. The van der Waals surface area contributed by atoms with Crippen LogP contribution in [0.4, 0.5) is 0 Å². The Labute approximate surface area is 128 Å². The Morgan fingerprint density at radius 3 is 2.62 bits per heavy atom. The SMILES string of the molecule is CN=C(NCCCOCC1CCOC1)NCCCC1CC1. The first kappa shape index (κ1) is 16.6. The third-order valence-electron chi connectivity index (χ3n) is 4.14. The summed E-state index contributed by atoms with van der Waals surface area (Å²) in [5.41, 5.74) is 0. The zero-order valence-electron chi connectivity index (χ0n) is 13.4. The third-order valence-corrected chi connectivity index (χ3v) is 4.14. The Kier molecular flexibility index (Phi) is 7.89. The highest BCUT2D eigenvalue weighted by Gasteiger charge is 2.20. The fraction of sp³-hybridized carbons (Fsp3) is 0.938. The molecule has 0 aromatic carbocycles. The number of aliphatic imine (C=N–C) groups is 1.